The maximum atomic E-state index is 13.9. The highest BCUT2D eigenvalue weighted by Crippen LogP contribution is 2.36. The molecule has 0 aliphatic carbocycles. The number of anilines is 1. The van der Waals surface area contributed by atoms with Crippen molar-refractivity contribution in [1.29, 1.82) is 0 Å². The molecule has 230 valence electrons. The lowest BCUT2D eigenvalue weighted by molar-refractivity contribution is -0.141. The lowest BCUT2D eigenvalue weighted by atomic mass is 10.0. The molecule has 0 fully saturated rings. The van der Waals surface area contributed by atoms with E-state index in [-0.39, 0.29) is 50.5 Å². The normalized spacial score (nSPS) is 13.0. The number of ether oxygens (including phenoxy) is 2. The van der Waals surface area contributed by atoms with E-state index >= 15 is 0 Å². The zero-order chi connectivity index (χ0) is 31.0. The molecule has 0 spiro atoms. The largest absolute Gasteiger partial charge is 0.454 e. The van der Waals surface area contributed by atoms with E-state index in [0.29, 0.717) is 30.2 Å². The van der Waals surface area contributed by atoms with E-state index < -0.39 is 16.1 Å². The van der Waals surface area contributed by atoms with Gasteiger partial charge in [0, 0.05) is 43.0 Å². The highest BCUT2D eigenvalue weighted by molar-refractivity contribution is 9.10. The monoisotopic (exact) mass is 671 g/mol. The fourth-order valence-electron chi connectivity index (χ4n) is 4.81. The van der Waals surface area contributed by atoms with Gasteiger partial charge in [0.1, 0.15) is 6.04 Å². The number of carbonyl (C=O) groups is 2. The van der Waals surface area contributed by atoms with Gasteiger partial charge < -0.3 is 19.7 Å². The van der Waals surface area contributed by atoms with E-state index in [1.54, 1.807) is 23.1 Å². The number of sulfonamides is 1. The Bertz CT molecular complexity index is 1500. The minimum Gasteiger partial charge on any atom is -0.454 e. The molecular formula is C32H38BrN3O6S. The molecule has 9 nitrogen and oxygen atoms in total. The Kier molecular flexibility index (Phi) is 11.1. The van der Waals surface area contributed by atoms with Crippen molar-refractivity contribution in [3.63, 3.8) is 0 Å². The number of nitrogens with zero attached hydrogens (tertiary/aromatic N) is 2. The molecule has 0 saturated heterocycles. The predicted molar refractivity (Wildman–Crippen MR) is 170 cm³/mol. The van der Waals surface area contributed by atoms with E-state index in [9.17, 15) is 18.0 Å². The number of carbonyl (C=O) groups excluding carboxylic acids is 2. The van der Waals surface area contributed by atoms with Crippen LogP contribution in [-0.4, -0.2) is 57.3 Å². The van der Waals surface area contributed by atoms with Crippen LogP contribution in [0.1, 0.15) is 37.8 Å². The Labute approximate surface area is 262 Å². The third-order valence-corrected chi connectivity index (χ3v) is 8.74. The van der Waals surface area contributed by atoms with E-state index in [0.717, 1.165) is 21.9 Å². The molecule has 2 amide bonds. The first-order valence-corrected chi connectivity index (χ1v) is 16.9. The Morgan fingerprint density at radius 1 is 0.953 bits per heavy atom. The molecule has 0 radical (unpaired) electrons. The van der Waals surface area contributed by atoms with Gasteiger partial charge in [0.05, 0.1) is 11.9 Å². The van der Waals surface area contributed by atoms with Gasteiger partial charge >= 0.3 is 0 Å². The maximum Gasteiger partial charge on any atom is 0.243 e. The van der Waals surface area contributed by atoms with Crippen molar-refractivity contribution in [2.45, 2.75) is 45.7 Å². The van der Waals surface area contributed by atoms with Crippen LogP contribution in [0, 0.1) is 5.92 Å². The fraction of sp³-hybridized carbons (Fsp3) is 0.375. The minimum atomic E-state index is -3.65. The topological polar surface area (TPSA) is 105 Å². The highest BCUT2D eigenvalue weighted by Gasteiger charge is 2.31. The molecular weight excluding hydrogens is 634 g/mol. The number of nitrogens with one attached hydrogen (secondary N) is 1. The molecule has 0 saturated carbocycles. The number of fused-ring (bicyclic) bond motifs is 1. The van der Waals surface area contributed by atoms with E-state index in [4.69, 9.17) is 9.47 Å². The van der Waals surface area contributed by atoms with E-state index in [1.165, 1.54) is 4.31 Å². The smallest absolute Gasteiger partial charge is 0.243 e. The third kappa shape index (κ3) is 9.21. The van der Waals surface area contributed by atoms with Gasteiger partial charge in [-0.3, -0.25) is 13.9 Å². The van der Waals surface area contributed by atoms with Crippen LogP contribution in [0.25, 0.3) is 0 Å². The summed E-state index contributed by atoms with van der Waals surface area (Å²) in [5.41, 5.74) is 2.25. The van der Waals surface area contributed by atoms with Crippen molar-refractivity contribution < 1.29 is 27.5 Å². The van der Waals surface area contributed by atoms with Gasteiger partial charge in [0.2, 0.25) is 28.6 Å². The summed E-state index contributed by atoms with van der Waals surface area (Å²) in [4.78, 5) is 29.2. The molecule has 1 aliphatic heterocycles. The quantitative estimate of drug-likeness (QED) is 0.255. The van der Waals surface area contributed by atoms with Crippen LogP contribution in [0.15, 0.2) is 77.3 Å². The molecule has 4 rings (SSSR count). The van der Waals surface area contributed by atoms with E-state index in [1.807, 2.05) is 68.4 Å². The first kappa shape index (κ1) is 32.3. The molecule has 0 unspecified atom stereocenters. The molecule has 1 N–H and O–H groups in total. The van der Waals surface area contributed by atoms with Crippen molar-refractivity contribution in [1.82, 2.24) is 10.2 Å². The maximum absolute atomic E-state index is 13.9. The summed E-state index contributed by atoms with van der Waals surface area (Å²) < 4.78 is 38.4. The highest BCUT2D eigenvalue weighted by atomic mass is 79.9. The Morgan fingerprint density at radius 2 is 1.65 bits per heavy atom. The van der Waals surface area contributed by atoms with Crippen LogP contribution in [0.5, 0.6) is 11.5 Å². The van der Waals surface area contributed by atoms with Gasteiger partial charge in [0.15, 0.2) is 11.5 Å². The summed E-state index contributed by atoms with van der Waals surface area (Å²) in [6.45, 7) is 4.92. The fourth-order valence-corrected chi connectivity index (χ4v) is 6.03. The number of hydrogen-bond acceptors (Lipinski definition) is 6. The zero-order valence-electron chi connectivity index (χ0n) is 24.7. The molecule has 0 bridgehead atoms. The van der Waals surface area contributed by atoms with Gasteiger partial charge in [-0.1, -0.05) is 72.2 Å². The molecule has 3 aromatic rings. The zero-order valence-corrected chi connectivity index (χ0v) is 27.1. The van der Waals surface area contributed by atoms with Gasteiger partial charge in [-0.25, -0.2) is 8.42 Å². The SMILES string of the molecule is CC(C)CNC(=O)[C@H](Cc1ccccc1)N(Cc1ccc(Br)cc1)C(=O)CCCN(c1ccc2c(c1)OCO2)S(C)(=O)=O. The van der Waals surface area contributed by atoms with Crippen LogP contribution in [0.3, 0.4) is 0 Å². The number of hydrogen-bond donors (Lipinski definition) is 1. The molecule has 1 atom stereocenters. The van der Waals surface area contributed by atoms with Gasteiger partial charge in [-0.05, 0) is 47.7 Å². The lowest BCUT2D eigenvalue weighted by Gasteiger charge is -2.32. The van der Waals surface area contributed by atoms with Crippen LogP contribution in [0.2, 0.25) is 0 Å². The second-order valence-corrected chi connectivity index (χ2v) is 13.8. The van der Waals surface area contributed by atoms with Crippen molar-refractivity contribution in [2.75, 3.05) is 30.4 Å². The summed E-state index contributed by atoms with van der Waals surface area (Å²) >= 11 is 3.46. The summed E-state index contributed by atoms with van der Waals surface area (Å²) in [7, 11) is -3.65. The Hall–Kier alpha value is -3.57. The third-order valence-electron chi connectivity index (χ3n) is 7.02. The summed E-state index contributed by atoms with van der Waals surface area (Å²) in [5, 5.41) is 3.02. The van der Waals surface area contributed by atoms with Crippen LogP contribution in [0.4, 0.5) is 5.69 Å². The first-order valence-electron chi connectivity index (χ1n) is 14.2. The number of benzene rings is 3. The second kappa shape index (κ2) is 14.7. The van der Waals surface area contributed by atoms with Crippen molar-refractivity contribution in [2.24, 2.45) is 5.92 Å². The van der Waals surface area contributed by atoms with Crippen molar-refractivity contribution in [3.05, 3.63) is 88.4 Å². The molecule has 1 aliphatic rings. The molecule has 0 aromatic heterocycles. The standard InChI is InChI=1S/C32H38BrN3O6S/c1-23(2)20-34-32(38)28(18-24-8-5-4-6-9-24)35(21-25-11-13-26(33)14-12-25)31(37)10-7-17-36(43(3,39)40)27-15-16-29-30(19-27)42-22-41-29/h4-6,8-9,11-16,19,23,28H,7,10,17-18,20-22H2,1-3H3,(H,34,38)/t28-/m0/s1. The van der Waals surface area contributed by atoms with E-state index in [2.05, 4.69) is 21.2 Å². The van der Waals surface area contributed by atoms with Crippen molar-refractivity contribution >= 4 is 43.5 Å². The molecule has 1 heterocycles. The first-order chi connectivity index (χ1) is 20.5. The Balaban J connectivity index is 1.57. The molecule has 3 aromatic carbocycles. The van der Waals surface area contributed by atoms with Crippen LogP contribution < -0.4 is 19.1 Å². The summed E-state index contributed by atoms with van der Waals surface area (Å²) in [5.74, 6) is 0.814. The van der Waals surface area contributed by atoms with Gasteiger partial charge in [0.25, 0.3) is 0 Å². The summed E-state index contributed by atoms with van der Waals surface area (Å²) in [6.07, 6.45) is 1.78. The van der Waals surface area contributed by atoms with Crippen LogP contribution in [-0.2, 0) is 32.6 Å². The lowest BCUT2D eigenvalue weighted by Crippen LogP contribution is -2.51. The molecule has 43 heavy (non-hydrogen) atoms. The Morgan fingerprint density at radius 3 is 2.33 bits per heavy atom. The minimum absolute atomic E-state index is 0.0514. The number of rotatable bonds is 14. The predicted octanol–water partition coefficient (Wildman–Crippen LogP) is 5.14. The molecule has 11 heteroatoms. The average molecular weight is 673 g/mol. The number of amides is 2. The van der Waals surface area contributed by atoms with Gasteiger partial charge in [-0.2, -0.15) is 0 Å². The second-order valence-electron chi connectivity index (χ2n) is 11.0. The van der Waals surface area contributed by atoms with Gasteiger partial charge in [-0.15, -0.1) is 0 Å². The summed E-state index contributed by atoms with van der Waals surface area (Å²) in [6, 6.07) is 21.5. The van der Waals surface area contributed by atoms with Crippen molar-refractivity contribution in [3.8, 4) is 11.5 Å². The van der Waals surface area contributed by atoms with Crippen LogP contribution >= 0.6 is 15.9 Å². The average Bonchev–Trinajstić information content (AvgIpc) is 3.44. The number of halogens is 1.